The number of ether oxygens (including phenoxy) is 2. The maximum absolute atomic E-state index is 12.2. The number of piperidine rings is 1. The molecule has 0 N–H and O–H groups in total. The van der Waals surface area contributed by atoms with Gasteiger partial charge in [0.2, 0.25) is 5.89 Å². The summed E-state index contributed by atoms with van der Waals surface area (Å²) in [6.07, 6.45) is 2.65. The van der Waals surface area contributed by atoms with Gasteiger partial charge in [0.1, 0.15) is 16.9 Å². The van der Waals surface area contributed by atoms with Crippen LogP contribution >= 0.6 is 0 Å². The van der Waals surface area contributed by atoms with Crippen LogP contribution in [-0.2, 0) is 14.6 Å². The lowest BCUT2D eigenvalue weighted by molar-refractivity contribution is 0.0165. The second-order valence-electron chi connectivity index (χ2n) is 10.1. The molecule has 0 radical (unpaired) electrons. The molecule has 2 heterocycles. The third kappa shape index (κ3) is 6.14. The van der Waals surface area contributed by atoms with Crippen molar-refractivity contribution < 1.29 is 27.1 Å². The quantitative estimate of drug-likeness (QED) is 0.473. The summed E-state index contributed by atoms with van der Waals surface area (Å²) in [5, 5.41) is 0. The van der Waals surface area contributed by atoms with Gasteiger partial charge in [0.15, 0.2) is 15.4 Å². The summed E-state index contributed by atoms with van der Waals surface area (Å²) < 4.78 is 41.0. The van der Waals surface area contributed by atoms with Crippen molar-refractivity contribution in [3.8, 4) is 17.2 Å². The number of hydrogen-bond acceptors (Lipinski definition) is 7. The number of likely N-dealkylation sites (tertiary alicyclic amines) is 1. The average molecular weight is 501 g/mol. The molecule has 0 unspecified atom stereocenters. The summed E-state index contributed by atoms with van der Waals surface area (Å²) in [5.41, 5.74) is 2.31. The average Bonchev–Trinajstić information content (AvgIpc) is 3.19. The molecule has 35 heavy (non-hydrogen) atoms. The molecular weight excluding hydrogens is 468 g/mol. The first-order chi connectivity index (χ1) is 16.4. The summed E-state index contributed by atoms with van der Waals surface area (Å²) in [7, 11) is -3.32. The summed E-state index contributed by atoms with van der Waals surface area (Å²) in [6.45, 7) is 9.49. The van der Waals surface area contributed by atoms with Crippen molar-refractivity contribution in [1.82, 2.24) is 9.88 Å². The van der Waals surface area contributed by atoms with Crippen LogP contribution in [0.4, 0.5) is 4.79 Å². The van der Waals surface area contributed by atoms with E-state index in [1.165, 1.54) is 18.4 Å². The topological polar surface area (TPSA) is 98.9 Å². The van der Waals surface area contributed by atoms with E-state index in [4.69, 9.17) is 13.9 Å². The standard InChI is InChI=1S/C26H32N2O6S/c1-17-14-19(32-16-18-10-12-28(13-11-18)25(29)34-26(2,3)4)6-8-21(17)24-27-22-15-20(35(5,30)31)7-9-23(22)33-24/h6-9,14-15,18H,10-13,16H2,1-5H3. The second kappa shape index (κ2) is 9.53. The molecule has 3 aromatic rings. The highest BCUT2D eigenvalue weighted by Crippen LogP contribution is 2.31. The fourth-order valence-electron chi connectivity index (χ4n) is 4.04. The van der Waals surface area contributed by atoms with Gasteiger partial charge in [0.25, 0.3) is 0 Å². The van der Waals surface area contributed by atoms with Crippen LogP contribution in [0.25, 0.3) is 22.6 Å². The normalized spacial score (nSPS) is 15.4. The molecular formula is C26H32N2O6S. The van der Waals surface area contributed by atoms with E-state index in [0.717, 1.165) is 29.7 Å². The Hall–Kier alpha value is -3.07. The van der Waals surface area contributed by atoms with E-state index in [2.05, 4.69) is 4.98 Å². The number of oxazole rings is 1. The van der Waals surface area contributed by atoms with Gasteiger partial charge in [0.05, 0.1) is 11.5 Å². The highest BCUT2D eigenvalue weighted by Gasteiger charge is 2.27. The van der Waals surface area contributed by atoms with Crippen LogP contribution in [0.15, 0.2) is 45.7 Å². The number of sulfone groups is 1. The minimum Gasteiger partial charge on any atom is -0.493 e. The largest absolute Gasteiger partial charge is 0.493 e. The molecule has 188 valence electrons. The van der Waals surface area contributed by atoms with Gasteiger partial charge in [-0.15, -0.1) is 0 Å². The van der Waals surface area contributed by atoms with Crippen molar-refractivity contribution in [2.75, 3.05) is 26.0 Å². The highest BCUT2D eigenvalue weighted by atomic mass is 32.2. The van der Waals surface area contributed by atoms with Gasteiger partial charge >= 0.3 is 6.09 Å². The van der Waals surface area contributed by atoms with Gasteiger partial charge in [-0.3, -0.25) is 0 Å². The maximum atomic E-state index is 12.2. The molecule has 1 aromatic heterocycles. The Morgan fingerprint density at radius 2 is 1.86 bits per heavy atom. The van der Waals surface area contributed by atoms with Crippen molar-refractivity contribution in [3.05, 3.63) is 42.0 Å². The van der Waals surface area contributed by atoms with E-state index in [9.17, 15) is 13.2 Å². The first-order valence-corrected chi connectivity index (χ1v) is 13.6. The van der Waals surface area contributed by atoms with E-state index in [1.54, 1.807) is 11.0 Å². The van der Waals surface area contributed by atoms with Gasteiger partial charge < -0.3 is 18.8 Å². The number of benzene rings is 2. The Labute approximate surface area is 206 Å². The predicted octanol–water partition coefficient (Wildman–Crippen LogP) is 5.23. The monoisotopic (exact) mass is 500 g/mol. The number of nitrogens with zero attached hydrogens (tertiary/aromatic N) is 2. The lowest BCUT2D eigenvalue weighted by Crippen LogP contribution is -2.42. The smallest absolute Gasteiger partial charge is 0.410 e. The molecule has 0 saturated carbocycles. The van der Waals surface area contributed by atoms with E-state index < -0.39 is 15.4 Å². The van der Waals surface area contributed by atoms with Gasteiger partial charge in [-0.05, 0) is 88.4 Å². The third-order valence-electron chi connectivity index (χ3n) is 5.97. The molecule has 1 saturated heterocycles. The second-order valence-corrected chi connectivity index (χ2v) is 12.1. The number of carbonyl (C=O) groups is 1. The molecule has 2 aromatic carbocycles. The molecule has 1 amide bonds. The van der Waals surface area contributed by atoms with Crippen LogP contribution in [0.2, 0.25) is 0 Å². The Morgan fingerprint density at radius 1 is 1.14 bits per heavy atom. The summed E-state index contributed by atoms with van der Waals surface area (Å²) in [6, 6.07) is 10.4. The van der Waals surface area contributed by atoms with Gasteiger partial charge in [0, 0.05) is 24.9 Å². The molecule has 1 aliphatic rings. The SMILES string of the molecule is Cc1cc(OCC2CCN(C(=O)OC(C)(C)C)CC2)ccc1-c1nc2cc(S(C)(=O)=O)ccc2o1. The molecule has 0 spiro atoms. The molecule has 0 bridgehead atoms. The molecule has 0 aliphatic carbocycles. The van der Waals surface area contributed by atoms with Gasteiger partial charge in [-0.25, -0.2) is 18.2 Å². The van der Waals surface area contributed by atoms with Crippen molar-refractivity contribution in [1.29, 1.82) is 0 Å². The molecule has 8 nitrogen and oxygen atoms in total. The van der Waals surface area contributed by atoms with Crippen molar-refractivity contribution in [2.45, 2.75) is 51.0 Å². The molecule has 9 heteroatoms. The maximum Gasteiger partial charge on any atom is 0.410 e. The molecule has 0 atom stereocenters. The van der Waals surface area contributed by atoms with Crippen LogP contribution in [-0.4, -0.2) is 55.9 Å². The zero-order valence-electron chi connectivity index (χ0n) is 20.8. The van der Waals surface area contributed by atoms with E-state index in [1.807, 2.05) is 45.9 Å². The van der Waals surface area contributed by atoms with Crippen LogP contribution < -0.4 is 4.74 Å². The zero-order valence-corrected chi connectivity index (χ0v) is 21.6. The van der Waals surface area contributed by atoms with Crippen molar-refractivity contribution in [2.24, 2.45) is 5.92 Å². The van der Waals surface area contributed by atoms with Crippen LogP contribution in [0.3, 0.4) is 0 Å². The third-order valence-corrected chi connectivity index (χ3v) is 7.08. The number of amides is 1. The van der Waals surface area contributed by atoms with Crippen LogP contribution in [0.5, 0.6) is 5.75 Å². The molecule has 4 rings (SSSR count). The summed E-state index contributed by atoms with van der Waals surface area (Å²) in [5.74, 6) is 1.57. The lowest BCUT2D eigenvalue weighted by Gasteiger charge is -2.33. The number of hydrogen-bond donors (Lipinski definition) is 0. The zero-order chi connectivity index (χ0) is 25.4. The van der Waals surface area contributed by atoms with Gasteiger partial charge in [-0.1, -0.05) is 0 Å². The molecule has 1 aliphatic heterocycles. The van der Waals surface area contributed by atoms with E-state index in [-0.39, 0.29) is 11.0 Å². The Morgan fingerprint density at radius 3 is 2.49 bits per heavy atom. The number of rotatable bonds is 5. The van der Waals surface area contributed by atoms with Crippen LogP contribution in [0, 0.1) is 12.8 Å². The van der Waals surface area contributed by atoms with Crippen LogP contribution in [0.1, 0.15) is 39.2 Å². The summed E-state index contributed by atoms with van der Waals surface area (Å²) >= 11 is 0. The Balaban J connectivity index is 1.37. The Bertz CT molecular complexity index is 1330. The number of aromatic nitrogens is 1. The first-order valence-electron chi connectivity index (χ1n) is 11.7. The fraction of sp³-hybridized carbons (Fsp3) is 0.462. The van der Waals surface area contributed by atoms with E-state index in [0.29, 0.717) is 42.6 Å². The molecule has 1 fully saturated rings. The summed E-state index contributed by atoms with van der Waals surface area (Å²) in [4.78, 5) is 18.7. The Kier molecular flexibility index (Phi) is 6.81. The minimum atomic E-state index is -3.32. The van der Waals surface area contributed by atoms with E-state index >= 15 is 0 Å². The predicted molar refractivity (Wildman–Crippen MR) is 133 cm³/mol. The lowest BCUT2D eigenvalue weighted by atomic mass is 9.98. The van der Waals surface area contributed by atoms with Crippen molar-refractivity contribution in [3.63, 3.8) is 0 Å². The van der Waals surface area contributed by atoms with Crippen molar-refractivity contribution >= 4 is 27.0 Å². The minimum absolute atomic E-state index is 0.210. The number of fused-ring (bicyclic) bond motifs is 1. The fourth-order valence-corrected chi connectivity index (χ4v) is 4.68. The van der Waals surface area contributed by atoms with Gasteiger partial charge in [-0.2, -0.15) is 0 Å². The number of carbonyl (C=O) groups excluding carboxylic acids is 1. The highest BCUT2D eigenvalue weighted by molar-refractivity contribution is 7.90. The number of aryl methyl sites for hydroxylation is 1. The first kappa shape index (κ1) is 25.0.